The van der Waals surface area contributed by atoms with Gasteiger partial charge < -0.3 is 9.84 Å². The summed E-state index contributed by atoms with van der Waals surface area (Å²) in [6.45, 7) is 1.73. The van der Waals surface area contributed by atoms with Gasteiger partial charge in [-0.05, 0) is 36.1 Å². The van der Waals surface area contributed by atoms with Gasteiger partial charge in [0.1, 0.15) is 5.75 Å². The van der Waals surface area contributed by atoms with Crippen LogP contribution in [0.4, 0.5) is 0 Å². The summed E-state index contributed by atoms with van der Waals surface area (Å²) in [6, 6.07) is 9.43. The summed E-state index contributed by atoms with van der Waals surface area (Å²) in [4.78, 5) is 0. The highest BCUT2D eigenvalue weighted by Gasteiger charge is 2.06. The number of rotatable bonds is 2. The molecule has 16 heavy (non-hydrogen) atoms. The maximum Gasteiger partial charge on any atom is 0.120 e. The molecule has 2 aromatic rings. The van der Waals surface area contributed by atoms with Crippen LogP contribution in [0.1, 0.15) is 18.6 Å². The lowest BCUT2D eigenvalue weighted by Crippen LogP contribution is -1.91. The van der Waals surface area contributed by atoms with Crippen molar-refractivity contribution in [3.63, 3.8) is 0 Å². The fourth-order valence-electron chi connectivity index (χ4n) is 1.68. The first-order chi connectivity index (χ1) is 7.61. The molecule has 0 aliphatic heterocycles. The van der Waals surface area contributed by atoms with Crippen LogP contribution in [0.2, 0.25) is 5.02 Å². The summed E-state index contributed by atoms with van der Waals surface area (Å²) in [5.74, 6) is 0.738. The van der Waals surface area contributed by atoms with Crippen LogP contribution in [0.15, 0.2) is 30.3 Å². The van der Waals surface area contributed by atoms with Crippen molar-refractivity contribution >= 4 is 22.4 Å². The normalized spacial score (nSPS) is 12.8. The highest BCUT2D eigenvalue weighted by atomic mass is 35.5. The largest absolute Gasteiger partial charge is 0.497 e. The molecule has 0 saturated heterocycles. The molecule has 0 amide bonds. The minimum absolute atomic E-state index is 0.484. The molecule has 0 aliphatic rings. The predicted molar refractivity (Wildman–Crippen MR) is 66.1 cm³/mol. The van der Waals surface area contributed by atoms with Gasteiger partial charge >= 0.3 is 0 Å². The lowest BCUT2D eigenvalue weighted by atomic mass is 10.0. The summed E-state index contributed by atoms with van der Waals surface area (Å²) < 4.78 is 5.15. The Kier molecular flexibility index (Phi) is 3.03. The monoisotopic (exact) mass is 236 g/mol. The number of methoxy groups -OCH3 is 1. The van der Waals surface area contributed by atoms with E-state index in [1.165, 1.54) is 0 Å². The molecule has 0 fully saturated rings. The summed E-state index contributed by atoms with van der Waals surface area (Å²) >= 11 is 6.16. The molecule has 0 spiro atoms. The van der Waals surface area contributed by atoms with Crippen molar-refractivity contribution < 1.29 is 9.84 Å². The Balaban J connectivity index is 2.65. The number of benzene rings is 2. The van der Waals surface area contributed by atoms with Crippen molar-refractivity contribution in [2.24, 2.45) is 0 Å². The third-order valence-electron chi connectivity index (χ3n) is 2.62. The van der Waals surface area contributed by atoms with Gasteiger partial charge in [-0.25, -0.2) is 0 Å². The average Bonchev–Trinajstić information content (AvgIpc) is 2.28. The zero-order chi connectivity index (χ0) is 11.7. The van der Waals surface area contributed by atoms with Crippen molar-refractivity contribution in [3.05, 3.63) is 40.9 Å². The van der Waals surface area contributed by atoms with Crippen molar-refractivity contribution in [2.75, 3.05) is 7.11 Å². The SMILES string of the molecule is COc1cc(Cl)c2cc(C(C)O)ccc2c1. The van der Waals surface area contributed by atoms with Gasteiger partial charge in [-0.1, -0.05) is 23.7 Å². The molecule has 0 bridgehead atoms. The quantitative estimate of drug-likeness (QED) is 0.864. The first kappa shape index (κ1) is 11.2. The molecule has 1 unspecified atom stereocenters. The minimum Gasteiger partial charge on any atom is -0.497 e. The lowest BCUT2D eigenvalue weighted by Gasteiger charge is -2.09. The van der Waals surface area contributed by atoms with Crippen LogP contribution in [0.3, 0.4) is 0 Å². The molecule has 2 nitrogen and oxygen atoms in total. The third kappa shape index (κ3) is 1.99. The van der Waals surface area contributed by atoms with Crippen LogP contribution in [0.25, 0.3) is 10.8 Å². The van der Waals surface area contributed by atoms with Gasteiger partial charge in [-0.3, -0.25) is 0 Å². The molecule has 1 atom stereocenters. The maximum atomic E-state index is 9.51. The second-order valence-electron chi connectivity index (χ2n) is 3.77. The van der Waals surface area contributed by atoms with Crippen molar-refractivity contribution in [3.8, 4) is 5.75 Å². The summed E-state index contributed by atoms with van der Waals surface area (Å²) in [6.07, 6.45) is -0.484. The number of hydrogen-bond donors (Lipinski definition) is 1. The Labute approximate surface area is 99.4 Å². The first-order valence-electron chi connectivity index (χ1n) is 5.07. The Morgan fingerprint density at radius 1 is 1.25 bits per heavy atom. The molecule has 0 heterocycles. The molecule has 2 rings (SSSR count). The zero-order valence-corrected chi connectivity index (χ0v) is 9.95. The van der Waals surface area contributed by atoms with E-state index < -0.39 is 6.10 Å². The van der Waals surface area contributed by atoms with E-state index in [9.17, 15) is 5.11 Å². The number of fused-ring (bicyclic) bond motifs is 1. The van der Waals surface area contributed by atoms with E-state index in [2.05, 4.69) is 0 Å². The Bertz CT molecular complexity index is 521. The lowest BCUT2D eigenvalue weighted by molar-refractivity contribution is 0.199. The van der Waals surface area contributed by atoms with Crippen LogP contribution in [-0.2, 0) is 0 Å². The topological polar surface area (TPSA) is 29.5 Å². The number of aliphatic hydroxyl groups is 1. The third-order valence-corrected chi connectivity index (χ3v) is 2.93. The molecular formula is C13H13ClO2. The zero-order valence-electron chi connectivity index (χ0n) is 9.20. The molecular weight excluding hydrogens is 224 g/mol. The van der Waals surface area contributed by atoms with E-state index in [-0.39, 0.29) is 0 Å². The van der Waals surface area contributed by atoms with Gasteiger partial charge in [0.15, 0.2) is 0 Å². The van der Waals surface area contributed by atoms with Gasteiger partial charge in [-0.2, -0.15) is 0 Å². The number of hydrogen-bond acceptors (Lipinski definition) is 2. The molecule has 2 aromatic carbocycles. The highest BCUT2D eigenvalue weighted by molar-refractivity contribution is 6.35. The molecule has 0 radical (unpaired) electrons. The molecule has 1 N–H and O–H groups in total. The van der Waals surface area contributed by atoms with Crippen LogP contribution < -0.4 is 4.74 Å². The predicted octanol–water partition coefficient (Wildman–Crippen LogP) is 3.56. The molecule has 0 aromatic heterocycles. The van der Waals surface area contributed by atoms with E-state index in [1.54, 1.807) is 20.1 Å². The van der Waals surface area contributed by atoms with Gasteiger partial charge in [0.05, 0.1) is 18.2 Å². The highest BCUT2D eigenvalue weighted by Crippen LogP contribution is 2.30. The van der Waals surface area contributed by atoms with Gasteiger partial charge in [0, 0.05) is 5.39 Å². The van der Waals surface area contributed by atoms with Crippen molar-refractivity contribution in [1.82, 2.24) is 0 Å². The molecule has 0 saturated carbocycles. The number of halogens is 1. The van der Waals surface area contributed by atoms with Crippen LogP contribution >= 0.6 is 11.6 Å². The Morgan fingerprint density at radius 3 is 2.62 bits per heavy atom. The summed E-state index contributed by atoms with van der Waals surface area (Å²) in [5, 5.41) is 12.1. The number of ether oxygens (including phenoxy) is 1. The molecule has 84 valence electrons. The Morgan fingerprint density at radius 2 is 2.00 bits per heavy atom. The maximum absolute atomic E-state index is 9.51. The summed E-state index contributed by atoms with van der Waals surface area (Å²) in [7, 11) is 1.61. The fraction of sp³-hybridized carbons (Fsp3) is 0.231. The standard InChI is InChI=1S/C13H13ClO2/c1-8(15)9-3-4-10-5-11(16-2)7-13(14)12(10)6-9/h3-8,15H,1-2H3. The van der Waals surface area contributed by atoms with Crippen LogP contribution in [-0.4, -0.2) is 12.2 Å². The van der Waals surface area contributed by atoms with E-state index in [1.807, 2.05) is 24.3 Å². The molecule has 3 heteroatoms. The second-order valence-corrected chi connectivity index (χ2v) is 4.17. The average molecular weight is 237 g/mol. The van der Waals surface area contributed by atoms with E-state index in [0.717, 1.165) is 22.1 Å². The van der Waals surface area contributed by atoms with Gasteiger partial charge in [-0.15, -0.1) is 0 Å². The second kappa shape index (κ2) is 4.32. The fourth-order valence-corrected chi connectivity index (χ4v) is 1.95. The Hall–Kier alpha value is -1.25. The molecule has 0 aliphatic carbocycles. The first-order valence-corrected chi connectivity index (χ1v) is 5.45. The van der Waals surface area contributed by atoms with E-state index in [4.69, 9.17) is 16.3 Å². The van der Waals surface area contributed by atoms with E-state index >= 15 is 0 Å². The van der Waals surface area contributed by atoms with Crippen LogP contribution in [0.5, 0.6) is 5.75 Å². The van der Waals surface area contributed by atoms with Gasteiger partial charge in [0.25, 0.3) is 0 Å². The summed E-state index contributed by atoms with van der Waals surface area (Å²) in [5.41, 5.74) is 0.861. The van der Waals surface area contributed by atoms with Crippen molar-refractivity contribution in [2.45, 2.75) is 13.0 Å². The van der Waals surface area contributed by atoms with E-state index in [0.29, 0.717) is 5.02 Å². The van der Waals surface area contributed by atoms with Gasteiger partial charge in [0.2, 0.25) is 0 Å². The van der Waals surface area contributed by atoms with Crippen molar-refractivity contribution in [1.29, 1.82) is 0 Å². The number of aliphatic hydroxyl groups excluding tert-OH is 1. The smallest absolute Gasteiger partial charge is 0.120 e. The minimum atomic E-state index is -0.484. The van der Waals surface area contributed by atoms with Crippen LogP contribution in [0, 0.1) is 0 Å².